The molecule has 0 amide bonds. The number of fused-ring (bicyclic) bond motifs is 1. The molecule has 0 aliphatic rings. The van der Waals surface area contributed by atoms with Gasteiger partial charge in [0.15, 0.2) is 11.2 Å². The van der Waals surface area contributed by atoms with Gasteiger partial charge in [-0.25, -0.2) is 4.98 Å². The maximum atomic E-state index is 6.08. The van der Waals surface area contributed by atoms with Crippen LogP contribution < -0.4 is 0 Å². The first kappa shape index (κ1) is 10.3. The highest BCUT2D eigenvalue weighted by atomic mass is 35.5. The minimum absolute atomic E-state index is 0.554. The van der Waals surface area contributed by atoms with Gasteiger partial charge in [0.25, 0.3) is 0 Å². The third-order valence-electron chi connectivity index (χ3n) is 2.66. The highest BCUT2D eigenvalue weighted by molar-refractivity contribution is 6.31. The van der Waals surface area contributed by atoms with E-state index in [1.165, 1.54) is 0 Å². The van der Waals surface area contributed by atoms with Crippen LogP contribution in [0.4, 0.5) is 0 Å². The zero-order chi connectivity index (χ0) is 11.8. The van der Waals surface area contributed by atoms with Crippen LogP contribution in [-0.4, -0.2) is 9.97 Å². The molecule has 84 valence electrons. The number of oxazole rings is 1. The average Bonchev–Trinajstić information content (AvgIpc) is 2.76. The molecule has 0 saturated heterocycles. The number of nitrogens with zero attached hydrogens (tertiary/aromatic N) is 2. The summed E-state index contributed by atoms with van der Waals surface area (Å²) in [6.45, 7) is 1.94. The van der Waals surface area contributed by atoms with Crippen molar-refractivity contribution in [2.45, 2.75) is 6.92 Å². The summed E-state index contributed by atoms with van der Waals surface area (Å²) >= 11 is 6.08. The van der Waals surface area contributed by atoms with E-state index in [4.69, 9.17) is 16.0 Å². The smallest absolute Gasteiger partial charge is 0.229 e. The van der Waals surface area contributed by atoms with E-state index in [0.717, 1.165) is 11.1 Å². The summed E-state index contributed by atoms with van der Waals surface area (Å²) in [6, 6.07) is 9.33. The van der Waals surface area contributed by atoms with Crippen molar-refractivity contribution in [2.75, 3.05) is 0 Å². The number of rotatable bonds is 1. The van der Waals surface area contributed by atoms with Crippen molar-refractivity contribution in [3.63, 3.8) is 0 Å². The Morgan fingerprint density at radius 3 is 2.88 bits per heavy atom. The largest absolute Gasteiger partial charge is 0.434 e. The van der Waals surface area contributed by atoms with Crippen molar-refractivity contribution in [1.82, 2.24) is 9.97 Å². The predicted octanol–water partition coefficient (Wildman–Crippen LogP) is 3.85. The Morgan fingerprint density at radius 2 is 2.06 bits per heavy atom. The van der Waals surface area contributed by atoms with Crippen molar-refractivity contribution in [3.8, 4) is 11.5 Å². The van der Waals surface area contributed by atoms with Gasteiger partial charge in [0.2, 0.25) is 5.89 Å². The number of benzene rings is 1. The zero-order valence-electron chi connectivity index (χ0n) is 9.14. The molecular weight excluding hydrogens is 236 g/mol. The number of halogens is 1. The number of hydrogen-bond donors (Lipinski definition) is 0. The second-order valence-electron chi connectivity index (χ2n) is 3.76. The Kier molecular flexibility index (Phi) is 2.34. The van der Waals surface area contributed by atoms with Gasteiger partial charge in [-0.05, 0) is 36.8 Å². The van der Waals surface area contributed by atoms with Crippen molar-refractivity contribution < 1.29 is 4.42 Å². The standard InChI is InChI=1S/C13H9ClN2O/c1-8-9(4-2-5-10(8)14)13-16-12-11(17-13)6-3-7-15-12/h2-7H,1H3. The molecule has 3 rings (SSSR count). The second-order valence-corrected chi connectivity index (χ2v) is 4.16. The van der Waals surface area contributed by atoms with Gasteiger partial charge in [-0.3, -0.25) is 0 Å². The summed E-state index contributed by atoms with van der Waals surface area (Å²) in [5, 5.41) is 0.706. The number of pyridine rings is 1. The molecule has 2 aromatic heterocycles. The Balaban J connectivity index is 2.24. The molecule has 0 aliphatic heterocycles. The molecule has 1 aromatic carbocycles. The molecule has 0 unspecified atom stereocenters. The Morgan fingerprint density at radius 1 is 1.18 bits per heavy atom. The normalized spacial score (nSPS) is 10.9. The summed E-state index contributed by atoms with van der Waals surface area (Å²) in [6.07, 6.45) is 1.69. The molecule has 3 nitrogen and oxygen atoms in total. The van der Waals surface area contributed by atoms with E-state index in [9.17, 15) is 0 Å². The van der Waals surface area contributed by atoms with Gasteiger partial charge < -0.3 is 4.42 Å². The molecule has 0 spiro atoms. The van der Waals surface area contributed by atoms with Crippen LogP contribution in [0.1, 0.15) is 5.56 Å². The quantitative estimate of drug-likeness (QED) is 0.653. The summed E-state index contributed by atoms with van der Waals surface area (Å²) in [7, 11) is 0. The third-order valence-corrected chi connectivity index (χ3v) is 3.07. The number of hydrogen-bond acceptors (Lipinski definition) is 3. The maximum Gasteiger partial charge on any atom is 0.229 e. The van der Waals surface area contributed by atoms with Gasteiger partial charge in [-0.15, -0.1) is 0 Å². The molecule has 0 bridgehead atoms. The van der Waals surface area contributed by atoms with E-state index >= 15 is 0 Å². The predicted molar refractivity (Wildman–Crippen MR) is 67.0 cm³/mol. The van der Waals surface area contributed by atoms with E-state index in [1.54, 1.807) is 6.20 Å². The highest BCUT2D eigenvalue weighted by Crippen LogP contribution is 2.29. The van der Waals surface area contributed by atoms with Crippen LogP contribution in [0.15, 0.2) is 40.9 Å². The molecule has 0 fully saturated rings. The fraction of sp³-hybridized carbons (Fsp3) is 0.0769. The minimum Gasteiger partial charge on any atom is -0.434 e. The lowest BCUT2D eigenvalue weighted by Crippen LogP contribution is -1.84. The highest BCUT2D eigenvalue weighted by Gasteiger charge is 2.12. The summed E-state index contributed by atoms with van der Waals surface area (Å²) in [4.78, 5) is 8.49. The Bertz CT molecular complexity index is 658. The molecule has 17 heavy (non-hydrogen) atoms. The van der Waals surface area contributed by atoms with Gasteiger partial charge in [0, 0.05) is 16.8 Å². The van der Waals surface area contributed by atoms with Crippen molar-refractivity contribution in [2.24, 2.45) is 0 Å². The molecule has 2 heterocycles. The lowest BCUT2D eigenvalue weighted by molar-refractivity contribution is 0.619. The van der Waals surface area contributed by atoms with Gasteiger partial charge in [-0.1, -0.05) is 17.7 Å². The topological polar surface area (TPSA) is 38.9 Å². The fourth-order valence-corrected chi connectivity index (χ4v) is 1.90. The van der Waals surface area contributed by atoms with E-state index in [-0.39, 0.29) is 0 Å². The van der Waals surface area contributed by atoms with Crippen molar-refractivity contribution in [1.29, 1.82) is 0 Å². The molecule has 0 aliphatic carbocycles. The van der Waals surface area contributed by atoms with E-state index in [0.29, 0.717) is 22.1 Å². The number of aromatic nitrogens is 2. The zero-order valence-corrected chi connectivity index (χ0v) is 9.90. The Hall–Kier alpha value is -1.87. The molecular formula is C13H9ClN2O. The van der Waals surface area contributed by atoms with Crippen LogP contribution in [0.3, 0.4) is 0 Å². The first-order chi connectivity index (χ1) is 8.25. The van der Waals surface area contributed by atoms with Crippen LogP contribution in [0.25, 0.3) is 22.7 Å². The monoisotopic (exact) mass is 244 g/mol. The summed E-state index contributed by atoms with van der Waals surface area (Å²) in [5.41, 5.74) is 3.15. The molecule has 4 heteroatoms. The molecule has 0 saturated carbocycles. The Labute approximate surface area is 103 Å². The maximum absolute atomic E-state index is 6.08. The van der Waals surface area contributed by atoms with E-state index in [1.807, 2.05) is 37.3 Å². The summed E-state index contributed by atoms with van der Waals surface area (Å²) in [5.74, 6) is 0.554. The van der Waals surface area contributed by atoms with Crippen LogP contribution in [0, 0.1) is 6.92 Å². The summed E-state index contributed by atoms with van der Waals surface area (Å²) < 4.78 is 5.66. The van der Waals surface area contributed by atoms with Crippen LogP contribution in [-0.2, 0) is 0 Å². The molecule has 0 atom stereocenters. The third kappa shape index (κ3) is 1.68. The minimum atomic E-state index is 0.554. The molecule has 0 radical (unpaired) electrons. The lowest BCUT2D eigenvalue weighted by Gasteiger charge is -2.02. The second kappa shape index (κ2) is 3.86. The van der Waals surface area contributed by atoms with Crippen LogP contribution in [0.2, 0.25) is 5.02 Å². The van der Waals surface area contributed by atoms with E-state index < -0.39 is 0 Å². The first-order valence-electron chi connectivity index (χ1n) is 5.23. The van der Waals surface area contributed by atoms with E-state index in [2.05, 4.69) is 9.97 Å². The first-order valence-corrected chi connectivity index (χ1v) is 5.60. The van der Waals surface area contributed by atoms with Crippen LogP contribution in [0.5, 0.6) is 0 Å². The van der Waals surface area contributed by atoms with Gasteiger partial charge >= 0.3 is 0 Å². The fourth-order valence-electron chi connectivity index (χ4n) is 1.72. The average molecular weight is 245 g/mol. The lowest BCUT2D eigenvalue weighted by atomic mass is 10.1. The van der Waals surface area contributed by atoms with Gasteiger partial charge in [0.1, 0.15) is 0 Å². The van der Waals surface area contributed by atoms with Gasteiger partial charge in [-0.2, -0.15) is 4.98 Å². The van der Waals surface area contributed by atoms with Crippen LogP contribution >= 0.6 is 11.6 Å². The van der Waals surface area contributed by atoms with Crippen molar-refractivity contribution >= 4 is 22.8 Å². The van der Waals surface area contributed by atoms with Gasteiger partial charge in [0.05, 0.1) is 0 Å². The molecule has 0 N–H and O–H groups in total. The van der Waals surface area contributed by atoms with Crippen molar-refractivity contribution in [3.05, 3.63) is 47.1 Å². The SMILES string of the molecule is Cc1c(Cl)cccc1-c1nc2ncccc2o1. The molecule has 3 aromatic rings.